The smallest absolute Gasteiger partial charge is 0.191 e. The SMILES string of the molecule is C=C(C)CN1CCC(NC(=NCc2cc(Br)ccc2OC)NCC)CC1.I. The Bertz CT molecular complexity index is 630. The van der Waals surface area contributed by atoms with E-state index in [0.29, 0.717) is 12.6 Å². The third kappa shape index (κ3) is 8.39. The predicted molar refractivity (Wildman–Crippen MR) is 128 cm³/mol. The Labute approximate surface area is 189 Å². The first-order valence-corrected chi connectivity index (χ1v) is 10.0. The minimum absolute atomic E-state index is 0. The molecule has 0 radical (unpaired) electrons. The molecule has 152 valence electrons. The van der Waals surface area contributed by atoms with Crippen LogP contribution in [0.2, 0.25) is 0 Å². The van der Waals surface area contributed by atoms with Gasteiger partial charge in [0.1, 0.15) is 5.75 Å². The maximum atomic E-state index is 5.44. The van der Waals surface area contributed by atoms with Gasteiger partial charge >= 0.3 is 0 Å². The Morgan fingerprint density at radius 1 is 1.37 bits per heavy atom. The van der Waals surface area contributed by atoms with E-state index in [1.807, 2.05) is 12.1 Å². The second kappa shape index (κ2) is 12.6. The topological polar surface area (TPSA) is 48.9 Å². The summed E-state index contributed by atoms with van der Waals surface area (Å²) < 4.78 is 6.48. The van der Waals surface area contributed by atoms with Gasteiger partial charge in [0.05, 0.1) is 13.7 Å². The Morgan fingerprint density at radius 2 is 2.07 bits per heavy atom. The highest BCUT2D eigenvalue weighted by molar-refractivity contribution is 14.0. The lowest BCUT2D eigenvalue weighted by Gasteiger charge is -2.33. The van der Waals surface area contributed by atoms with Crippen LogP contribution in [0, 0.1) is 0 Å². The van der Waals surface area contributed by atoms with Gasteiger partial charge in [-0.2, -0.15) is 0 Å². The van der Waals surface area contributed by atoms with E-state index in [1.54, 1.807) is 7.11 Å². The highest BCUT2D eigenvalue weighted by Gasteiger charge is 2.19. The van der Waals surface area contributed by atoms with E-state index in [0.717, 1.165) is 60.8 Å². The number of methoxy groups -OCH3 is 1. The number of likely N-dealkylation sites (tertiary alicyclic amines) is 1. The standard InChI is InChI=1S/C20H31BrN4O.HI/c1-5-22-20(23-13-16-12-17(21)6-7-19(16)26-4)24-18-8-10-25(11-9-18)14-15(2)3;/h6-7,12,18H,2,5,8-11,13-14H2,1,3-4H3,(H2,22,23,24);1H. The molecule has 1 aromatic carbocycles. The van der Waals surface area contributed by atoms with Crippen LogP contribution in [0.15, 0.2) is 39.8 Å². The zero-order chi connectivity index (χ0) is 18.9. The van der Waals surface area contributed by atoms with E-state index in [1.165, 1.54) is 5.57 Å². The van der Waals surface area contributed by atoms with Crippen LogP contribution in [0.3, 0.4) is 0 Å². The molecule has 0 unspecified atom stereocenters. The molecule has 2 N–H and O–H groups in total. The molecule has 0 amide bonds. The van der Waals surface area contributed by atoms with Gasteiger partial charge in [-0.05, 0) is 44.9 Å². The Morgan fingerprint density at radius 3 is 2.67 bits per heavy atom. The Balaban J connectivity index is 0.00000364. The van der Waals surface area contributed by atoms with Crippen LogP contribution in [-0.2, 0) is 6.54 Å². The number of aliphatic imine (C=N–C) groups is 1. The third-order valence-corrected chi connectivity index (χ3v) is 4.91. The number of ether oxygens (including phenoxy) is 1. The number of rotatable bonds is 7. The summed E-state index contributed by atoms with van der Waals surface area (Å²) in [5.41, 5.74) is 2.30. The summed E-state index contributed by atoms with van der Waals surface area (Å²) in [5.74, 6) is 1.73. The second-order valence-electron chi connectivity index (χ2n) is 6.80. The van der Waals surface area contributed by atoms with Crippen molar-refractivity contribution in [3.05, 3.63) is 40.4 Å². The van der Waals surface area contributed by atoms with Crippen LogP contribution in [0.25, 0.3) is 0 Å². The molecular weight excluding hydrogens is 519 g/mol. The number of hydrogen-bond donors (Lipinski definition) is 2. The van der Waals surface area contributed by atoms with Crippen LogP contribution >= 0.6 is 39.9 Å². The summed E-state index contributed by atoms with van der Waals surface area (Å²) in [6, 6.07) is 6.46. The number of nitrogens with one attached hydrogen (secondary N) is 2. The molecule has 1 aliphatic heterocycles. The lowest BCUT2D eigenvalue weighted by molar-refractivity contribution is 0.221. The van der Waals surface area contributed by atoms with Gasteiger partial charge in [0, 0.05) is 42.3 Å². The van der Waals surface area contributed by atoms with Crippen molar-refractivity contribution >= 4 is 45.9 Å². The Kier molecular flexibility index (Phi) is 11.3. The molecular formula is C20H32BrIN4O. The zero-order valence-electron chi connectivity index (χ0n) is 16.6. The van der Waals surface area contributed by atoms with Gasteiger partial charge in [-0.15, -0.1) is 24.0 Å². The van der Waals surface area contributed by atoms with E-state index in [-0.39, 0.29) is 24.0 Å². The minimum Gasteiger partial charge on any atom is -0.496 e. The molecule has 2 rings (SSSR count). The van der Waals surface area contributed by atoms with Gasteiger partial charge in [0.2, 0.25) is 0 Å². The maximum Gasteiger partial charge on any atom is 0.191 e. The first-order chi connectivity index (χ1) is 12.5. The largest absolute Gasteiger partial charge is 0.496 e. The number of nitrogens with zero attached hydrogens (tertiary/aromatic N) is 2. The van der Waals surface area contributed by atoms with E-state index in [9.17, 15) is 0 Å². The first-order valence-electron chi connectivity index (χ1n) is 9.25. The van der Waals surface area contributed by atoms with E-state index < -0.39 is 0 Å². The number of guanidine groups is 1. The molecule has 0 spiro atoms. The van der Waals surface area contributed by atoms with Crippen LogP contribution in [-0.4, -0.2) is 50.2 Å². The van der Waals surface area contributed by atoms with Crippen molar-refractivity contribution in [2.75, 3.05) is 33.3 Å². The predicted octanol–water partition coefficient (Wildman–Crippen LogP) is 4.17. The first kappa shape index (κ1) is 24.2. The van der Waals surface area contributed by atoms with Crippen molar-refractivity contribution in [2.24, 2.45) is 4.99 Å². The van der Waals surface area contributed by atoms with Gasteiger partial charge in [-0.1, -0.05) is 28.1 Å². The van der Waals surface area contributed by atoms with Gasteiger partial charge in [-0.3, -0.25) is 4.90 Å². The lowest BCUT2D eigenvalue weighted by Crippen LogP contribution is -2.48. The van der Waals surface area contributed by atoms with Crippen LogP contribution in [0.5, 0.6) is 5.75 Å². The summed E-state index contributed by atoms with van der Waals surface area (Å²) in [6.07, 6.45) is 2.25. The fourth-order valence-electron chi connectivity index (χ4n) is 3.17. The molecule has 27 heavy (non-hydrogen) atoms. The molecule has 0 aliphatic carbocycles. The molecule has 0 aromatic heterocycles. The monoisotopic (exact) mass is 550 g/mol. The number of halogens is 2. The molecule has 0 bridgehead atoms. The zero-order valence-corrected chi connectivity index (χ0v) is 20.5. The molecule has 1 aliphatic rings. The van der Waals surface area contributed by atoms with Crippen LogP contribution < -0.4 is 15.4 Å². The fraction of sp³-hybridized carbons (Fsp3) is 0.550. The highest BCUT2D eigenvalue weighted by atomic mass is 127. The molecule has 7 heteroatoms. The summed E-state index contributed by atoms with van der Waals surface area (Å²) in [6.45, 7) is 12.8. The van der Waals surface area contributed by atoms with Gasteiger partial charge < -0.3 is 15.4 Å². The highest BCUT2D eigenvalue weighted by Crippen LogP contribution is 2.23. The molecule has 1 saturated heterocycles. The lowest BCUT2D eigenvalue weighted by atomic mass is 10.0. The van der Waals surface area contributed by atoms with Crippen molar-refractivity contribution in [2.45, 2.75) is 39.3 Å². The molecule has 1 heterocycles. The van der Waals surface area contributed by atoms with Crippen molar-refractivity contribution in [3.63, 3.8) is 0 Å². The Hall–Kier alpha value is -0.800. The molecule has 1 fully saturated rings. The quantitative estimate of drug-likeness (QED) is 0.231. The summed E-state index contributed by atoms with van der Waals surface area (Å²) in [7, 11) is 1.69. The number of benzene rings is 1. The van der Waals surface area contributed by atoms with E-state index in [4.69, 9.17) is 9.73 Å². The van der Waals surface area contributed by atoms with E-state index in [2.05, 4.69) is 58.0 Å². The summed E-state index contributed by atoms with van der Waals surface area (Å²) in [5, 5.41) is 6.94. The number of piperidine rings is 1. The number of hydrogen-bond acceptors (Lipinski definition) is 3. The van der Waals surface area contributed by atoms with Crippen LogP contribution in [0.1, 0.15) is 32.3 Å². The summed E-state index contributed by atoms with van der Waals surface area (Å²) >= 11 is 3.52. The van der Waals surface area contributed by atoms with Gasteiger partial charge in [0.25, 0.3) is 0 Å². The van der Waals surface area contributed by atoms with Crippen molar-refractivity contribution < 1.29 is 4.74 Å². The normalized spacial score (nSPS) is 15.8. The third-order valence-electron chi connectivity index (χ3n) is 4.42. The molecule has 0 saturated carbocycles. The van der Waals surface area contributed by atoms with E-state index >= 15 is 0 Å². The van der Waals surface area contributed by atoms with Crippen LogP contribution in [0.4, 0.5) is 0 Å². The van der Waals surface area contributed by atoms with Crippen molar-refractivity contribution in [1.29, 1.82) is 0 Å². The average molecular weight is 551 g/mol. The second-order valence-corrected chi connectivity index (χ2v) is 7.72. The molecule has 5 nitrogen and oxygen atoms in total. The molecule has 1 aromatic rings. The van der Waals surface area contributed by atoms with Gasteiger partial charge in [0.15, 0.2) is 5.96 Å². The summed E-state index contributed by atoms with van der Waals surface area (Å²) in [4.78, 5) is 7.23. The molecule has 0 atom stereocenters. The van der Waals surface area contributed by atoms with Gasteiger partial charge in [-0.25, -0.2) is 4.99 Å². The van der Waals surface area contributed by atoms with Crippen molar-refractivity contribution in [3.8, 4) is 5.75 Å². The fourth-order valence-corrected chi connectivity index (χ4v) is 3.57. The minimum atomic E-state index is 0. The average Bonchev–Trinajstić information content (AvgIpc) is 2.61. The van der Waals surface area contributed by atoms with Crippen molar-refractivity contribution in [1.82, 2.24) is 15.5 Å². The maximum absolute atomic E-state index is 5.44.